The Hall–Kier alpha value is -1.00. The van der Waals surface area contributed by atoms with E-state index in [0.717, 1.165) is 0 Å². The molecular weight excluding hydrogens is 162 g/mol. The highest BCUT2D eigenvalue weighted by Crippen LogP contribution is 2.16. The molecule has 0 radical (unpaired) electrons. The van der Waals surface area contributed by atoms with Crippen molar-refractivity contribution >= 4 is 17.7 Å². The van der Waals surface area contributed by atoms with Crippen molar-refractivity contribution in [1.29, 1.82) is 0 Å². The third-order valence-corrected chi connectivity index (χ3v) is 1.38. The lowest BCUT2D eigenvalue weighted by atomic mass is 10.2. The van der Waals surface area contributed by atoms with Crippen LogP contribution in [-0.2, 0) is 0 Å². The predicted molar refractivity (Wildman–Crippen MR) is 46.4 cm³/mol. The normalized spacial score (nSPS) is 8.45. The first-order chi connectivity index (χ1) is 4.72. The minimum absolute atomic E-state index is 0. The molecule has 0 amide bonds. The molecule has 0 unspecified atom stereocenters. The van der Waals surface area contributed by atoms with Crippen LogP contribution < -0.4 is 6.15 Å². The van der Waals surface area contributed by atoms with E-state index < -0.39 is 5.12 Å². The Bertz CT molecular complexity index is 262. The van der Waals surface area contributed by atoms with Crippen LogP contribution in [-0.4, -0.2) is 10.2 Å². The molecule has 1 rings (SSSR count). The van der Waals surface area contributed by atoms with E-state index in [-0.39, 0.29) is 17.5 Å². The van der Waals surface area contributed by atoms with Gasteiger partial charge in [-0.2, -0.15) is 0 Å². The second-order valence-corrected chi connectivity index (χ2v) is 2.23. The van der Waals surface area contributed by atoms with Crippen LogP contribution in [0.25, 0.3) is 0 Å². The largest absolute Gasteiger partial charge is 0.507 e. The minimum atomic E-state index is -0.418. The van der Waals surface area contributed by atoms with Crippen LogP contribution in [0.15, 0.2) is 24.3 Å². The summed E-state index contributed by atoms with van der Waals surface area (Å²) in [6.07, 6.45) is 0. The molecule has 0 saturated heterocycles. The number of phenols is 1. The van der Waals surface area contributed by atoms with Gasteiger partial charge in [0.2, 0.25) is 5.12 Å². The average molecular weight is 171 g/mol. The molecule has 11 heavy (non-hydrogen) atoms. The molecule has 1 aromatic carbocycles. The summed E-state index contributed by atoms with van der Waals surface area (Å²) in [6, 6.07) is 6.28. The SMILES string of the molecule is N.O=C(S)c1ccccc1O. The number of para-hydroxylation sites is 1. The van der Waals surface area contributed by atoms with Crippen LogP contribution in [0.2, 0.25) is 0 Å². The van der Waals surface area contributed by atoms with E-state index in [9.17, 15) is 4.79 Å². The van der Waals surface area contributed by atoms with Gasteiger partial charge in [-0.3, -0.25) is 4.79 Å². The van der Waals surface area contributed by atoms with Gasteiger partial charge in [-0.1, -0.05) is 12.1 Å². The van der Waals surface area contributed by atoms with Crippen molar-refractivity contribution in [2.24, 2.45) is 0 Å². The van der Waals surface area contributed by atoms with E-state index in [1.54, 1.807) is 12.1 Å². The maximum Gasteiger partial charge on any atom is 0.220 e. The number of thiol groups is 1. The molecule has 0 atom stereocenters. The van der Waals surface area contributed by atoms with E-state index in [4.69, 9.17) is 5.11 Å². The number of phenolic OH excluding ortho intramolecular Hbond substituents is 1. The second kappa shape index (κ2) is 4.00. The highest BCUT2D eigenvalue weighted by Gasteiger charge is 2.03. The van der Waals surface area contributed by atoms with Gasteiger partial charge in [0.05, 0.1) is 5.56 Å². The van der Waals surface area contributed by atoms with Crippen molar-refractivity contribution in [3.8, 4) is 5.75 Å². The molecule has 0 fully saturated rings. The Labute approximate surface area is 70.0 Å². The fourth-order valence-electron chi connectivity index (χ4n) is 0.654. The molecular formula is C7H9NO2S. The molecule has 0 aliphatic rings. The van der Waals surface area contributed by atoms with Crippen molar-refractivity contribution in [2.75, 3.05) is 0 Å². The summed E-state index contributed by atoms with van der Waals surface area (Å²) >= 11 is 3.56. The van der Waals surface area contributed by atoms with Crippen LogP contribution in [0.4, 0.5) is 0 Å². The van der Waals surface area contributed by atoms with E-state index in [1.165, 1.54) is 12.1 Å². The number of hydrogen-bond acceptors (Lipinski definition) is 3. The predicted octanol–water partition coefficient (Wildman–Crippen LogP) is 1.62. The maximum atomic E-state index is 10.6. The minimum Gasteiger partial charge on any atom is -0.507 e. The Morgan fingerprint density at radius 1 is 1.36 bits per heavy atom. The molecule has 1 aromatic rings. The van der Waals surface area contributed by atoms with Crippen LogP contribution in [0.5, 0.6) is 5.75 Å². The standard InChI is InChI=1S/C7H6O2S.H3N/c8-6-4-2-1-3-5(6)7(9)10;/h1-4,8H,(H,9,10);1H3. The summed E-state index contributed by atoms with van der Waals surface area (Å²) in [5.41, 5.74) is 0.242. The highest BCUT2D eigenvalue weighted by atomic mass is 32.1. The molecule has 0 bridgehead atoms. The smallest absolute Gasteiger partial charge is 0.220 e. The van der Waals surface area contributed by atoms with Crippen molar-refractivity contribution in [3.05, 3.63) is 29.8 Å². The third kappa shape index (κ3) is 2.25. The number of benzene rings is 1. The lowest BCUT2D eigenvalue weighted by Gasteiger charge is -1.95. The van der Waals surface area contributed by atoms with Gasteiger partial charge in [0, 0.05) is 0 Å². The monoisotopic (exact) mass is 171 g/mol. The first kappa shape index (κ1) is 10.0. The molecule has 60 valence electrons. The van der Waals surface area contributed by atoms with E-state index in [2.05, 4.69) is 12.6 Å². The quantitative estimate of drug-likeness (QED) is 0.562. The summed E-state index contributed by atoms with van der Waals surface area (Å²) in [5.74, 6) is -0.0255. The molecule has 0 saturated carbocycles. The first-order valence-corrected chi connectivity index (χ1v) is 3.18. The summed E-state index contributed by atoms with van der Waals surface area (Å²) in [4.78, 5) is 10.6. The molecule has 4 N–H and O–H groups in total. The molecule has 0 aliphatic heterocycles. The summed E-state index contributed by atoms with van der Waals surface area (Å²) < 4.78 is 0. The molecule has 0 spiro atoms. The average Bonchev–Trinajstić information content (AvgIpc) is 1.88. The van der Waals surface area contributed by atoms with Crippen molar-refractivity contribution < 1.29 is 9.90 Å². The van der Waals surface area contributed by atoms with Crippen molar-refractivity contribution in [3.63, 3.8) is 0 Å². The Balaban J connectivity index is 0.000001000. The van der Waals surface area contributed by atoms with E-state index in [1.807, 2.05) is 0 Å². The lowest BCUT2D eigenvalue weighted by molar-refractivity contribution is 0.108. The van der Waals surface area contributed by atoms with Crippen LogP contribution in [0.1, 0.15) is 10.4 Å². The fraction of sp³-hybridized carbons (Fsp3) is 0. The Morgan fingerprint density at radius 2 is 1.91 bits per heavy atom. The van der Waals surface area contributed by atoms with Gasteiger partial charge in [0.25, 0.3) is 0 Å². The number of carbonyl (C=O) groups excluding carboxylic acids is 1. The van der Waals surface area contributed by atoms with Crippen molar-refractivity contribution in [1.82, 2.24) is 6.15 Å². The topological polar surface area (TPSA) is 72.3 Å². The first-order valence-electron chi connectivity index (χ1n) is 2.73. The molecule has 0 aliphatic carbocycles. The van der Waals surface area contributed by atoms with Gasteiger partial charge in [-0.05, 0) is 12.1 Å². The number of carbonyl (C=O) groups is 1. The van der Waals surface area contributed by atoms with E-state index >= 15 is 0 Å². The van der Waals surface area contributed by atoms with Gasteiger partial charge in [-0.25, -0.2) is 0 Å². The van der Waals surface area contributed by atoms with Crippen molar-refractivity contribution in [2.45, 2.75) is 0 Å². The van der Waals surface area contributed by atoms with Gasteiger partial charge in [0.15, 0.2) is 0 Å². The van der Waals surface area contributed by atoms with Gasteiger partial charge >= 0.3 is 0 Å². The zero-order chi connectivity index (χ0) is 7.56. The highest BCUT2D eigenvalue weighted by molar-refractivity contribution is 7.97. The number of aromatic hydroxyl groups is 1. The van der Waals surface area contributed by atoms with Crippen LogP contribution in [0, 0.1) is 0 Å². The zero-order valence-corrected chi connectivity index (χ0v) is 6.71. The summed E-state index contributed by atoms with van der Waals surface area (Å²) in [6.45, 7) is 0. The molecule has 0 aromatic heterocycles. The van der Waals surface area contributed by atoms with Gasteiger partial charge in [0.1, 0.15) is 5.75 Å². The summed E-state index contributed by atoms with van der Waals surface area (Å²) in [5, 5.41) is 8.59. The Kier molecular flexibility index (Phi) is 3.64. The number of hydrogen-bond donors (Lipinski definition) is 3. The maximum absolute atomic E-state index is 10.6. The summed E-state index contributed by atoms with van der Waals surface area (Å²) in [7, 11) is 0. The lowest BCUT2D eigenvalue weighted by Crippen LogP contribution is -1.87. The van der Waals surface area contributed by atoms with Gasteiger partial charge < -0.3 is 11.3 Å². The van der Waals surface area contributed by atoms with Crippen LogP contribution in [0.3, 0.4) is 0 Å². The van der Waals surface area contributed by atoms with E-state index in [0.29, 0.717) is 0 Å². The molecule has 3 nitrogen and oxygen atoms in total. The van der Waals surface area contributed by atoms with Crippen LogP contribution >= 0.6 is 12.6 Å². The Morgan fingerprint density at radius 3 is 2.27 bits per heavy atom. The third-order valence-electron chi connectivity index (χ3n) is 1.13. The molecule has 4 heteroatoms. The van der Waals surface area contributed by atoms with Gasteiger partial charge in [-0.15, -0.1) is 12.6 Å². The molecule has 0 heterocycles. The fourth-order valence-corrected chi connectivity index (χ4v) is 0.844. The second-order valence-electron chi connectivity index (χ2n) is 1.82. The number of rotatable bonds is 1. The zero-order valence-electron chi connectivity index (χ0n) is 5.82.